The van der Waals surface area contributed by atoms with E-state index in [9.17, 15) is 4.79 Å². The Labute approximate surface area is 99.5 Å². The molecule has 0 aliphatic heterocycles. The van der Waals surface area contributed by atoms with Gasteiger partial charge in [0.05, 0.1) is 6.54 Å². The van der Waals surface area contributed by atoms with E-state index >= 15 is 0 Å². The van der Waals surface area contributed by atoms with Gasteiger partial charge in [0, 0.05) is 7.05 Å². The molecule has 0 atom stereocenters. The molecule has 0 bridgehead atoms. The summed E-state index contributed by atoms with van der Waals surface area (Å²) >= 11 is 6.64. The maximum absolute atomic E-state index is 11.8. The largest absolute Gasteiger partial charge is 0.332 e. The van der Waals surface area contributed by atoms with Crippen molar-refractivity contribution in [1.82, 2.24) is 30.3 Å². The first kappa shape index (κ1) is 11.0. The fraction of sp³-hybridized carbons (Fsp3) is 0.286. The average molecular weight is 259 g/mol. The predicted octanol–water partition coefficient (Wildman–Crippen LogP) is 0.582. The first-order valence-corrected chi connectivity index (χ1v) is 5.45. The minimum Gasteiger partial charge on any atom is -0.332 e. The SMILES string of the molecule is CN(Cc1ncn[nH]1)C(=O)c1nnc(Cl)s1. The Bertz CT molecular complexity index is 483. The molecule has 2 heterocycles. The Kier molecular flexibility index (Phi) is 3.11. The highest BCUT2D eigenvalue weighted by Gasteiger charge is 2.17. The van der Waals surface area contributed by atoms with Crippen molar-refractivity contribution in [1.29, 1.82) is 0 Å². The zero-order valence-electron chi connectivity index (χ0n) is 8.21. The Hall–Kier alpha value is -1.54. The zero-order valence-corrected chi connectivity index (χ0v) is 9.79. The van der Waals surface area contributed by atoms with E-state index in [1.807, 2.05) is 0 Å². The minimum absolute atomic E-state index is 0.247. The fourth-order valence-corrected chi connectivity index (χ4v) is 1.88. The molecule has 0 radical (unpaired) electrons. The van der Waals surface area contributed by atoms with Crippen LogP contribution in [0.5, 0.6) is 0 Å². The second kappa shape index (κ2) is 4.54. The first-order valence-electron chi connectivity index (χ1n) is 4.25. The van der Waals surface area contributed by atoms with Crippen molar-refractivity contribution < 1.29 is 4.79 Å². The number of carbonyl (C=O) groups is 1. The lowest BCUT2D eigenvalue weighted by Crippen LogP contribution is -2.26. The number of nitrogens with zero attached hydrogens (tertiary/aromatic N) is 5. The van der Waals surface area contributed by atoms with Crippen LogP contribution in [-0.2, 0) is 6.54 Å². The summed E-state index contributed by atoms with van der Waals surface area (Å²) in [5.41, 5.74) is 0. The first-order chi connectivity index (χ1) is 7.66. The quantitative estimate of drug-likeness (QED) is 0.870. The third-order valence-corrected chi connectivity index (χ3v) is 2.79. The van der Waals surface area contributed by atoms with Crippen molar-refractivity contribution in [3.8, 4) is 0 Å². The molecule has 84 valence electrons. The highest BCUT2D eigenvalue weighted by molar-refractivity contribution is 7.17. The topological polar surface area (TPSA) is 87.7 Å². The number of nitrogens with one attached hydrogen (secondary N) is 1. The number of H-pyrrole nitrogens is 1. The molecule has 0 aromatic carbocycles. The van der Waals surface area contributed by atoms with E-state index < -0.39 is 0 Å². The highest BCUT2D eigenvalue weighted by Crippen LogP contribution is 2.16. The zero-order chi connectivity index (χ0) is 11.5. The molecule has 0 unspecified atom stereocenters. The van der Waals surface area contributed by atoms with Crippen molar-refractivity contribution in [2.75, 3.05) is 7.05 Å². The number of aromatic amines is 1. The molecular formula is C7H7ClN6OS. The van der Waals surface area contributed by atoms with Crippen molar-refractivity contribution in [3.63, 3.8) is 0 Å². The second-order valence-electron chi connectivity index (χ2n) is 2.95. The van der Waals surface area contributed by atoms with Gasteiger partial charge in [-0.05, 0) is 11.6 Å². The third kappa shape index (κ3) is 2.34. The summed E-state index contributed by atoms with van der Waals surface area (Å²) < 4.78 is 0.247. The Morgan fingerprint density at radius 1 is 1.62 bits per heavy atom. The minimum atomic E-state index is -0.249. The van der Waals surface area contributed by atoms with Gasteiger partial charge in [0.2, 0.25) is 9.47 Å². The van der Waals surface area contributed by atoms with E-state index in [1.165, 1.54) is 11.2 Å². The number of hydrogen-bond acceptors (Lipinski definition) is 6. The Balaban J connectivity index is 2.05. The van der Waals surface area contributed by atoms with E-state index in [-0.39, 0.29) is 15.4 Å². The summed E-state index contributed by atoms with van der Waals surface area (Å²) in [5.74, 6) is 0.354. The van der Waals surface area contributed by atoms with Crippen molar-refractivity contribution in [2.24, 2.45) is 0 Å². The molecule has 1 N–H and O–H groups in total. The van der Waals surface area contributed by atoms with E-state index in [1.54, 1.807) is 7.05 Å². The third-order valence-electron chi connectivity index (χ3n) is 1.78. The number of amides is 1. The van der Waals surface area contributed by atoms with Gasteiger partial charge in [0.15, 0.2) is 0 Å². The van der Waals surface area contributed by atoms with Crippen LogP contribution in [-0.4, -0.2) is 43.2 Å². The number of carbonyl (C=O) groups excluding carboxylic acids is 1. The number of aromatic nitrogens is 5. The summed E-state index contributed by atoms with van der Waals surface area (Å²) in [4.78, 5) is 17.2. The summed E-state index contributed by atoms with van der Waals surface area (Å²) in [6.45, 7) is 0.329. The fourth-order valence-electron chi connectivity index (χ4n) is 1.06. The van der Waals surface area contributed by atoms with Crippen LogP contribution >= 0.6 is 22.9 Å². The van der Waals surface area contributed by atoms with Gasteiger partial charge in [0.1, 0.15) is 12.2 Å². The molecule has 0 saturated heterocycles. The molecular weight excluding hydrogens is 252 g/mol. The van der Waals surface area contributed by atoms with Gasteiger partial charge in [-0.3, -0.25) is 9.89 Å². The van der Waals surface area contributed by atoms with Crippen LogP contribution in [0.3, 0.4) is 0 Å². The lowest BCUT2D eigenvalue weighted by molar-refractivity contribution is 0.0780. The Morgan fingerprint density at radius 3 is 3.00 bits per heavy atom. The molecule has 1 amide bonds. The number of halogens is 1. The van der Waals surface area contributed by atoms with Crippen LogP contribution in [0.1, 0.15) is 15.6 Å². The normalized spacial score (nSPS) is 10.4. The predicted molar refractivity (Wildman–Crippen MR) is 57.1 cm³/mol. The molecule has 0 aliphatic rings. The molecule has 0 saturated carbocycles. The van der Waals surface area contributed by atoms with Crippen molar-refractivity contribution in [2.45, 2.75) is 6.54 Å². The van der Waals surface area contributed by atoms with Crippen molar-refractivity contribution >= 4 is 28.8 Å². The number of hydrogen-bond donors (Lipinski definition) is 1. The lowest BCUT2D eigenvalue weighted by Gasteiger charge is -2.12. The summed E-state index contributed by atoms with van der Waals surface area (Å²) in [6.07, 6.45) is 1.38. The maximum atomic E-state index is 11.8. The van der Waals surface area contributed by atoms with Gasteiger partial charge >= 0.3 is 0 Å². The van der Waals surface area contributed by atoms with Crippen molar-refractivity contribution in [3.05, 3.63) is 21.6 Å². The molecule has 9 heteroatoms. The van der Waals surface area contributed by atoms with Crippen LogP contribution < -0.4 is 0 Å². The van der Waals surface area contributed by atoms with Gasteiger partial charge in [-0.15, -0.1) is 10.2 Å². The molecule has 0 spiro atoms. The lowest BCUT2D eigenvalue weighted by atomic mass is 10.5. The summed E-state index contributed by atoms with van der Waals surface area (Å²) in [5, 5.41) is 13.8. The van der Waals surface area contributed by atoms with Gasteiger partial charge in [-0.25, -0.2) is 4.98 Å². The standard InChI is InChI=1S/C7H7ClN6OS/c1-14(2-4-9-3-10-11-4)6(15)5-12-13-7(8)16-5/h3H,2H2,1H3,(H,9,10,11). The second-order valence-corrected chi connectivity index (χ2v) is 4.51. The van der Waals surface area contributed by atoms with Gasteiger partial charge < -0.3 is 4.90 Å². The smallest absolute Gasteiger partial charge is 0.285 e. The van der Waals surface area contributed by atoms with E-state index in [0.717, 1.165) is 11.3 Å². The maximum Gasteiger partial charge on any atom is 0.285 e. The molecule has 2 rings (SSSR count). The molecule has 2 aromatic heterocycles. The highest BCUT2D eigenvalue weighted by atomic mass is 35.5. The van der Waals surface area contributed by atoms with Crippen LogP contribution in [0, 0.1) is 0 Å². The van der Waals surface area contributed by atoms with E-state index in [2.05, 4.69) is 25.4 Å². The molecule has 0 fully saturated rings. The van der Waals surface area contributed by atoms with Gasteiger partial charge in [0.25, 0.3) is 5.91 Å². The summed E-state index contributed by atoms with van der Waals surface area (Å²) in [6, 6.07) is 0. The molecule has 16 heavy (non-hydrogen) atoms. The van der Waals surface area contributed by atoms with E-state index in [0.29, 0.717) is 12.4 Å². The van der Waals surface area contributed by atoms with E-state index in [4.69, 9.17) is 11.6 Å². The molecule has 2 aromatic rings. The van der Waals surface area contributed by atoms with Gasteiger partial charge in [-0.1, -0.05) is 11.3 Å². The molecule has 7 nitrogen and oxygen atoms in total. The summed E-state index contributed by atoms with van der Waals surface area (Å²) in [7, 11) is 1.64. The van der Waals surface area contributed by atoms with Gasteiger partial charge in [-0.2, -0.15) is 5.10 Å². The van der Waals surface area contributed by atoms with Crippen LogP contribution in [0.25, 0.3) is 0 Å². The van der Waals surface area contributed by atoms with Crippen LogP contribution in [0.2, 0.25) is 4.47 Å². The Morgan fingerprint density at radius 2 is 2.44 bits per heavy atom. The molecule has 0 aliphatic carbocycles. The number of rotatable bonds is 3. The monoisotopic (exact) mass is 258 g/mol. The average Bonchev–Trinajstić information content (AvgIpc) is 2.88. The van der Waals surface area contributed by atoms with Crippen LogP contribution in [0.15, 0.2) is 6.33 Å². The van der Waals surface area contributed by atoms with Crippen LogP contribution in [0.4, 0.5) is 0 Å².